The highest BCUT2D eigenvalue weighted by Gasteiger charge is 2.31. The van der Waals surface area contributed by atoms with E-state index in [2.05, 4.69) is 0 Å². The van der Waals surface area contributed by atoms with Crippen molar-refractivity contribution >= 4 is 10.0 Å². The predicted molar refractivity (Wildman–Crippen MR) is 77.8 cm³/mol. The Morgan fingerprint density at radius 1 is 1.29 bits per heavy atom. The summed E-state index contributed by atoms with van der Waals surface area (Å²) in [6.07, 6.45) is 1.28. The molecule has 21 heavy (non-hydrogen) atoms. The van der Waals surface area contributed by atoms with Crippen molar-refractivity contribution in [3.8, 4) is 5.75 Å². The average Bonchev–Trinajstić information content (AvgIpc) is 2.53. The fraction of sp³-hybridized carbons (Fsp3) is 0.571. The van der Waals surface area contributed by atoms with Crippen LogP contribution in [0.5, 0.6) is 5.75 Å². The first kappa shape index (κ1) is 16.2. The first-order valence-electron chi connectivity index (χ1n) is 6.95. The van der Waals surface area contributed by atoms with Gasteiger partial charge in [-0.3, -0.25) is 0 Å². The summed E-state index contributed by atoms with van der Waals surface area (Å²) in [5.41, 5.74) is 0. The first-order valence-corrected chi connectivity index (χ1v) is 8.39. The van der Waals surface area contributed by atoms with Crippen molar-refractivity contribution in [2.45, 2.75) is 23.8 Å². The smallest absolute Gasteiger partial charge is 0.246 e. The second kappa shape index (κ2) is 7.22. The lowest BCUT2D eigenvalue weighted by molar-refractivity contribution is 0.00317. The highest BCUT2D eigenvalue weighted by atomic mass is 32.2. The van der Waals surface area contributed by atoms with Gasteiger partial charge in [0.05, 0.1) is 26.4 Å². The van der Waals surface area contributed by atoms with Gasteiger partial charge in [0.15, 0.2) is 0 Å². The number of methoxy groups -OCH3 is 1. The Kier molecular flexibility index (Phi) is 5.58. The monoisotopic (exact) mass is 315 g/mol. The minimum atomic E-state index is -3.55. The van der Waals surface area contributed by atoms with E-state index >= 15 is 0 Å². The van der Waals surface area contributed by atoms with E-state index in [1.165, 1.54) is 11.4 Å². The molecule has 1 aromatic rings. The van der Waals surface area contributed by atoms with Gasteiger partial charge < -0.3 is 14.6 Å². The van der Waals surface area contributed by atoms with E-state index in [1.807, 2.05) is 0 Å². The summed E-state index contributed by atoms with van der Waals surface area (Å²) in [5.74, 6) is 0.358. The second-order valence-corrected chi connectivity index (χ2v) is 6.76. The molecule has 6 nitrogen and oxygen atoms in total. The summed E-state index contributed by atoms with van der Waals surface area (Å²) in [5, 5.41) is 8.74. The molecule has 0 atom stereocenters. The molecule has 0 bridgehead atoms. The number of piperidine rings is 1. The molecule has 0 radical (unpaired) electrons. The molecule has 1 fully saturated rings. The Morgan fingerprint density at radius 2 is 1.95 bits per heavy atom. The van der Waals surface area contributed by atoms with Crippen LogP contribution in [0, 0.1) is 0 Å². The summed E-state index contributed by atoms with van der Waals surface area (Å²) in [6.45, 7) is 1.11. The number of aliphatic hydroxyl groups is 1. The molecular formula is C14H21NO5S. The van der Waals surface area contributed by atoms with Crippen LogP contribution in [-0.2, 0) is 14.8 Å². The molecule has 0 aliphatic carbocycles. The molecule has 1 heterocycles. The van der Waals surface area contributed by atoms with Crippen molar-refractivity contribution < 1.29 is 23.0 Å². The number of sulfonamides is 1. The van der Waals surface area contributed by atoms with Crippen LogP contribution in [0.15, 0.2) is 29.2 Å². The molecule has 1 saturated heterocycles. The molecular weight excluding hydrogens is 294 g/mol. The SMILES string of the molecule is COc1ccccc1S(=O)(=O)N1CCC(OCCO)CC1. The van der Waals surface area contributed by atoms with Crippen molar-refractivity contribution in [3.63, 3.8) is 0 Å². The van der Waals surface area contributed by atoms with Crippen LogP contribution in [0.2, 0.25) is 0 Å². The summed E-state index contributed by atoms with van der Waals surface area (Å²) in [6, 6.07) is 6.63. The molecule has 7 heteroatoms. The van der Waals surface area contributed by atoms with E-state index in [9.17, 15) is 8.42 Å². The minimum absolute atomic E-state index is 0.0142. The maximum absolute atomic E-state index is 12.7. The van der Waals surface area contributed by atoms with Crippen LogP contribution in [0.3, 0.4) is 0 Å². The Morgan fingerprint density at radius 3 is 2.57 bits per heavy atom. The molecule has 0 unspecified atom stereocenters. The average molecular weight is 315 g/mol. The first-order chi connectivity index (χ1) is 10.1. The van der Waals surface area contributed by atoms with E-state index in [0.29, 0.717) is 38.3 Å². The number of rotatable bonds is 6. The van der Waals surface area contributed by atoms with Gasteiger partial charge in [-0.25, -0.2) is 8.42 Å². The van der Waals surface area contributed by atoms with Crippen molar-refractivity contribution in [1.29, 1.82) is 0 Å². The molecule has 0 spiro atoms. The van der Waals surface area contributed by atoms with E-state index in [4.69, 9.17) is 14.6 Å². The van der Waals surface area contributed by atoms with Gasteiger partial charge >= 0.3 is 0 Å². The lowest BCUT2D eigenvalue weighted by Crippen LogP contribution is -2.41. The van der Waals surface area contributed by atoms with Gasteiger partial charge in [0.1, 0.15) is 10.6 Å². The number of para-hydroxylation sites is 1. The zero-order valence-corrected chi connectivity index (χ0v) is 12.9. The van der Waals surface area contributed by atoms with Crippen LogP contribution in [-0.4, -0.2) is 57.3 Å². The summed E-state index contributed by atoms with van der Waals surface area (Å²) in [4.78, 5) is 0.197. The number of hydrogen-bond donors (Lipinski definition) is 1. The maximum atomic E-state index is 12.7. The van der Waals surface area contributed by atoms with Gasteiger partial charge in [-0.2, -0.15) is 4.31 Å². The van der Waals surface area contributed by atoms with Crippen LogP contribution in [0.4, 0.5) is 0 Å². The third-order valence-electron chi connectivity index (χ3n) is 3.53. The quantitative estimate of drug-likeness (QED) is 0.842. The largest absolute Gasteiger partial charge is 0.495 e. The van der Waals surface area contributed by atoms with Crippen molar-refractivity contribution in [2.75, 3.05) is 33.4 Å². The van der Waals surface area contributed by atoms with Gasteiger partial charge in [0.25, 0.3) is 0 Å². The van der Waals surface area contributed by atoms with Crippen LogP contribution >= 0.6 is 0 Å². The van der Waals surface area contributed by atoms with E-state index in [1.54, 1.807) is 24.3 Å². The lowest BCUT2D eigenvalue weighted by atomic mass is 10.1. The van der Waals surface area contributed by atoms with Gasteiger partial charge in [-0.15, -0.1) is 0 Å². The predicted octanol–water partition coefficient (Wildman–Crippen LogP) is 0.857. The molecule has 1 N–H and O–H groups in total. The lowest BCUT2D eigenvalue weighted by Gasteiger charge is -2.31. The highest BCUT2D eigenvalue weighted by Crippen LogP contribution is 2.28. The summed E-state index contributed by atoms with van der Waals surface area (Å²) >= 11 is 0. The second-order valence-electron chi connectivity index (χ2n) is 4.85. The van der Waals surface area contributed by atoms with Crippen LogP contribution < -0.4 is 4.74 Å². The van der Waals surface area contributed by atoms with Crippen molar-refractivity contribution in [2.24, 2.45) is 0 Å². The van der Waals surface area contributed by atoms with Gasteiger partial charge in [-0.1, -0.05) is 12.1 Å². The molecule has 1 aliphatic rings. The number of ether oxygens (including phenoxy) is 2. The molecule has 0 aromatic heterocycles. The normalized spacial score (nSPS) is 17.8. The van der Waals surface area contributed by atoms with E-state index in [0.717, 1.165) is 0 Å². The maximum Gasteiger partial charge on any atom is 0.246 e. The zero-order valence-electron chi connectivity index (χ0n) is 12.1. The third-order valence-corrected chi connectivity index (χ3v) is 5.47. The van der Waals surface area contributed by atoms with Crippen LogP contribution in [0.1, 0.15) is 12.8 Å². The number of aliphatic hydroxyl groups excluding tert-OH is 1. The van der Waals surface area contributed by atoms with E-state index in [-0.39, 0.29) is 17.6 Å². The Hall–Kier alpha value is -1.15. The molecule has 2 rings (SSSR count). The fourth-order valence-corrected chi connectivity index (χ4v) is 4.06. The highest BCUT2D eigenvalue weighted by molar-refractivity contribution is 7.89. The van der Waals surface area contributed by atoms with Gasteiger partial charge in [-0.05, 0) is 25.0 Å². The topological polar surface area (TPSA) is 76.1 Å². The van der Waals surface area contributed by atoms with Gasteiger partial charge in [0.2, 0.25) is 10.0 Å². The Labute approximate surface area is 125 Å². The third kappa shape index (κ3) is 3.74. The minimum Gasteiger partial charge on any atom is -0.495 e. The summed E-state index contributed by atoms with van der Waals surface area (Å²) in [7, 11) is -2.08. The molecule has 1 aliphatic heterocycles. The molecule has 1 aromatic carbocycles. The van der Waals surface area contributed by atoms with Crippen LogP contribution in [0.25, 0.3) is 0 Å². The zero-order chi connectivity index (χ0) is 15.3. The molecule has 0 amide bonds. The van der Waals surface area contributed by atoms with E-state index < -0.39 is 10.0 Å². The van der Waals surface area contributed by atoms with Crippen molar-refractivity contribution in [1.82, 2.24) is 4.31 Å². The fourth-order valence-electron chi connectivity index (χ4n) is 2.43. The number of benzene rings is 1. The Bertz CT molecular complexity index is 552. The number of nitrogens with zero attached hydrogens (tertiary/aromatic N) is 1. The molecule has 118 valence electrons. The summed E-state index contributed by atoms with van der Waals surface area (Å²) < 4.78 is 37.4. The van der Waals surface area contributed by atoms with Gasteiger partial charge in [0, 0.05) is 13.1 Å². The number of hydrogen-bond acceptors (Lipinski definition) is 5. The Balaban J connectivity index is 2.08. The molecule has 0 saturated carbocycles. The standard InChI is InChI=1S/C14H21NO5S/c1-19-13-4-2-3-5-14(13)21(17,18)15-8-6-12(7-9-15)20-11-10-16/h2-5,12,16H,6-11H2,1H3. The van der Waals surface area contributed by atoms with Crippen molar-refractivity contribution in [3.05, 3.63) is 24.3 Å².